The molecule has 0 unspecified atom stereocenters. The van der Waals surface area contributed by atoms with Gasteiger partial charge in [-0.1, -0.05) is 64.3 Å². The van der Waals surface area contributed by atoms with E-state index in [9.17, 15) is 0 Å². The van der Waals surface area contributed by atoms with Gasteiger partial charge in [-0.2, -0.15) is 0 Å². The van der Waals surface area contributed by atoms with Gasteiger partial charge in [0.25, 0.3) is 0 Å². The fourth-order valence-electron chi connectivity index (χ4n) is 3.21. The normalized spacial score (nSPS) is 13.3. The molecule has 0 bridgehead atoms. The molecular weight excluding hydrogens is 401 g/mol. The molecule has 0 N–H and O–H groups in total. The van der Waals surface area contributed by atoms with Gasteiger partial charge in [0.2, 0.25) is 16.6 Å². The van der Waals surface area contributed by atoms with Crippen LogP contribution < -0.4 is 0 Å². The summed E-state index contributed by atoms with van der Waals surface area (Å²) in [5.41, 5.74) is 7.99. The van der Waals surface area contributed by atoms with Crippen molar-refractivity contribution in [2.75, 3.05) is 0 Å². The van der Waals surface area contributed by atoms with E-state index in [2.05, 4.69) is 67.9 Å². The topological polar surface area (TPSA) is 27.7 Å². The first-order valence-corrected chi connectivity index (χ1v) is 19.4. The molecule has 0 radical (unpaired) electrons. The van der Waals surface area contributed by atoms with Crippen LogP contribution in [0.15, 0.2) is 49.1 Å². The van der Waals surface area contributed by atoms with E-state index in [-0.39, 0.29) is 0 Å². The van der Waals surface area contributed by atoms with E-state index in [1.54, 1.807) is 0 Å². The van der Waals surface area contributed by atoms with E-state index in [0.29, 0.717) is 0 Å². The van der Waals surface area contributed by atoms with Crippen LogP contribution in [0.2, 0.25) is 36.3 Å². The van der Waals surface area contributed by atoms with Gasteiger partial charge in [0.15, 0.2) is 0 Å². The van der Waals surface area contributed by atoms with Crippen molar-refractivity contribution < 1.29 is 12.3 Å². The lowest BCUT2D eigenvalue weighted by Crippen LogP contribution is -2.61. The standard InChI is InChI=1S/C20H42O3Si4/c1-11-24(12-2,13-3)21-26(17-7,18-8)23-27(19-9,20-10)22-25(14-4,15-5)16-6/h11-12,14-15H,1-2,4-5,13,16-20H2,3,6-10H3. The molecule has 0 aliphatic rings. The second kappa shape index (κ2) is 11.6. The van der Waals surface area contributed by atoms with E-state index in [1.165, 1.54) is 0 Å². The molecular formula is C20H42O3Si4. The van der Waals surface area contributed by atoms with Gasteiger partial charge in [0.1, 0.15) is 0 Å². The number of hydrogen-bond acceptors (Lipinski definition) is 3. The molecule has 0 rings (SSSR count). The van der Waals surface area contributed by atoms with Crippen LogP contribution in [-0.2, 0) is 12.3 Å². The predicted octanol–water partition coefficient (Wildman–Crippen LogP) is 6.83. The molecule has 0 fully saturated rings. The van der Waals surface area contributed by atoms with Crippen LogP contribution >= 0.6 is 0 Å². The van der Waals surface area contributed by atoms with E-state index >= 15 is 0 Å². The van der Waals surface area contributed by atoms with Crippen molar-refractivity contribution >= 4 is 33.8 Å². The van der Waals surface area contributed by atoms with Crippen molar-refractivity contribution in [3.8, 4) is 0 Å². The fourth-order valence-corrected chi connectivity index (χ4v) is 22.1. The van der Waals surface area contributed by atoms with Crippen LogP contribution in [0.25, 0.3) is 0 Å². The summed E-state index contributed by atoms with van der Waals surface area (Å²) in [6, 6.07) is 5.47. The maximum absolute atomic E-state index is 7.06. The highest BCUT2D eigenvalue weighted by molar-refractivity contribution is 6.95. The summed E-state index contributed by atoms with van der Waals surface area (Å²) < 4.78 is 20.8. The predicted molar refractivity (Wildman–Crippen MR) is 130 cm³/mol. The quantitative estimate of drug-likeness (QED) is 0.245. The Hall–Kier alpha value is -0.292. The Labute approximate surface area is 173 Å². The zero-order valence-electron chi connectivity index (χ0n) is 18.6. The van der Waals surface area contributed by atoms with E-state index < -0.39 is 33.8 Å². The lowest BCUT2D eigenvalue weighted by Gasteiger charge is -2.45. The van der Waals surface area contributed by atoms with Gasteiger partial charge in [0, 0.05) is 0 Å². The van der Waals surface area contributed by atoms with Crippen molar-refractivity contribution in [1.29, 1.82) is 0 Å². The molecule has 0 aromatic heterocycles. The molecule has 27 heavy (non-hydrogen) atoms. The zero-order chi connectivity index (χ0) is 21.2. The second-order valence-electron chi connectivity index (χ2n) is 6.98. The third-order valence-electron chi connectivity index (χ3n) is 5.77. The first-order chi connectivity index (χ1) is 12.7. The van der Waals surface area contributed by atoms with Crippen molar-refractivity contribution in [3.05, 3.63) is 49.1 Å². The van der Waals surface area contributed by atoms with Gasteiger partial charge in [-0.3, -0.25) is 0 Å². The summed E-state index contributed by atoms with van der Waals surface area (Å²) in [6.07, 6.45) is 0. The van der Waals surface area contributed by atoms with Crippen molar-refractivity contribution in [2.45, 2.75) is 77.8 Å². The summed E-state index contributed by atoms with van der Waals surface area (Å²) in [6.45, 7) is 29.3. The Kier molecular flexibility index (Phi) is 11.5. The molecule has 0 aromatic rings. The van der Waals surface area contributed by atoms with E-state index in [1.807, 2.05) is 22.8 Å². The summed E-state index contributed by atoms with van der Waals surface area (Å²) in [4.78, 5) is 0. The Morgan fingerprint density at radius 2 is 0.741 bits per heavy atom. The fraction of sp³-hybridized carbons (Fsp3) is 0.600. The first kappa shape index (κ1) is 26.7. The summed E-state index contributed by atoms with van der Waals surface area (Å²) in [5, 5.41) is 0. The molecule has 7 heteroatoms. The van der Waals surface area contributed by atoms with Gasteiger partial charge < -0.3 is 12.3 Å². The first-order valence-electron chi connectivity index (χ1n) is 10.4. The minimum Gasteiger partial charge on any atom is -0.429 e. The summed E-state index contributed by atoms with van der Waals surface area (Å²) in [5.74, 6) is 0. The molecule has 0 aromatic carbocycles. The Balaban J connectivity index is 6.07. The summed E-state index contributed by atoms with van der Waals surface area (Å²) in [7, 11) is -9.30. The molecule has 0 spiro atoms. The molecule has 0 aliphatic heterocycles. The molecule has 0 saturated heterocycles. The lowest BCUT2D eigenvalue weighted by atomic mass is 10.9. The van der Waals surface area contributed by atoms with E-state index in [0.717, 1.165) is 36.3 Å². The van der Waals surface area contributed by atoms with Crippen LogP contribution in [-0.4, -0.2) is 33.8 Å². The molecule has 0 amide bonds. The zero-order valence-corrected chi connectivity index (χ0v) is 22.6. The van der Waals surface area contributed by atoms with Crippen molar-refractivity contribution in [2.24, 2.45) is 0 Å². The lowest BCUT2D eigenvalue weighted by molar-refractivity contribution is 0.309. The third-order valence-corrected chi connectivity index (χ3v) is 24.0. The Morgan fingerprint density at radius 3 is 0.889 bits per heavy atom. The average molecular weight is 443 g/mol. The third kappa shape index (κ3) is 6.35. The largest absolute Gasteiger partial charge is 0.429 e. The minimum atomic E-state index is -2.45. The highest BCUT2D eigenvalue weighted by Crippen LogP contribution is 2.35. The van der Waals surface area contributed by atoms with Crippen LogP contribution in [0.5, 0.6) is 0 Å². The molecule has 0 atom stereocenters. The second-order valence-corrected chi connectivity index (χ2v) is 22.8. The molecule has 0 heterocycles. The Bertz CT molecular complexity index is 439. The number of rotatable bonds is 16. The van der Waals surface area contributed by atoms with Gasteiger partial charge >= 0.3 is 17.1 Å². The number of hydrogen-bond donors (Lipinski definition) is 0. The van der Waals surface area contributed by atoms with Crippen molar-refractivity contribution in [1.82, 2.24) is 0 Å². The van der Waals surface area contributed by atoms with Crippen molar-refractivity contribution in [3.63, 3.8) is 0 Å². The van der Waals surface area contributed by atoms with Gasteiger partial charge in [-0.15, -0.1) is 26.3 Å². The highest BCUT2D eigenvalue weighted by Gasteiger charge is 2.50. The van der Waals surface area contributed by atoms with Crippen LogP contribution in [0.4, 0.5) is 0 Å². The molecule has 0 aliphatic carbocycles. The van der Waals surface area contributed by atoms with Gasteiger partial charge in [-0.05, 0) is 36.3 Å². The SMILES string of the molecule is C=C[Si](C=C)(CC)O[Si](CC)(CC)O[Si](CC)(CC)O[Si](C=C)(C=C)CC. The summed E-state index contributed by atoms with van der Waals surface area (Å²) >= 11 is 0. The van der Waals surface area contributed by atoms with Gasteiger partial charge in [-0.25, -0.2) is 0 Å². The molecule has 0 saturated carbocycles. The minimum absolute atomic E-state index is 0.904. The Morgan fingerprint density at radius 1 is 0.481 bits per heavy atom. The van der Waals surface area contributed by atoms with Crippen LogP contribution in [0.3, 0.4) is 0 Å². The average Bonchev–Trinajstić information content (AvgIpc) is 2.74. The van der Waals surface area contributed by atoms with Crippen LogP contribution in [0, 0.1) is 0 Å². The van der Waals surface area contributed by atoms with Gasteiger partial charge in [0.05, 0.1) is 0 Å². The highest BCUT2D eigenvalue weighted by atomic mass is 28.5. The smallest absolute Gasteiger partial charge is 0.318 e. The monoisotopic (exact) mass is 442 g/mol. The molecule has 3 nitrogen and oxygen atoms in total. The van der Waals surface area contributed by atoms with Crippen LogP contribution in [0.1, 0.15) is 41.5 Å². The molecule has 156 valence electrons. The maximum atomic E-state index is 7.06. The maximum Gasteiger partial charge on any atom is 0.318 e. The van der Waals surface area contributed by atoms with E-state index in [4.69, 9.17) is 12.3 Å².